The Morgan fingerprint density at radius 1 is 1.42 bits per heavy atom. The monoisotopic (exact) mass is 426 g/mol. The number of carbonyl (C=O) groups excluding carboxylic acids is 1. The third-order valence-electron chi connectivity index (χ3n) is 0.917. The van der Waals surface area contributed by atoms with E-state index >= 15 is 0 Å². The molecule has 0 amide bonds. The zero-order chi connectivity index (χ0) is 9.72. The SMILES string of the molecule is CCOC(=O)C(=C(Br)Br)C(Br)Br. The smallest absolute Gasteiger partial charge is 0.337 e. The van der Waals surface area contributed by atoms with Gasteiger partial charge in [0.2, 0.25) is 0 Å². The van der Waals surface area contributed by atoms with E-state index in [9.17, 15) is 4.79 Å². The molecule has 0 unspecified atom stereocenters. The van der Waals surface area contributed by atoms with Crippen molar-refractivity contribution in [2.75, 3.05) is 6.61 Å². The van der Waals surface area contributed by atoms with Crippen LogP contribution in [0.15, 0.2) is 8.96 Å². The van der Waals surface area contributed by atoms with Gasteiger partial charge in [-0.05, 0) is 38.8 Å². The molecule has 6 heteroatoms. The summed E-state index contributed by atoms with van der Waals surface area (Å²) in [7, 11) is 0. The first-order valence-electron chi connectivity index (χ1n) is 3.01. The summed E-state index contributed by atoms with van der Waals surface area (Å²) in [6.45, 7) is 2.12. The largest absolute Gasteiger partial charge is 0.463 e. The maximum Gasteiger partial charge on any atom is 0.337 e. The first kappa shape index (κ1) is 13.1. The summed E-state index contributed by atoms with van der Waals surface area (Å²) in [5.74, 6) is -0.361. The van der Waals surface area contributed by atoms with Gasteiger partial charge in [-0.25, -0.2) is 4.79 Å². The van der Waals surface area contributed by atoms with Gasteiger partial charge >= 0.3 is 5.97 Å². The van der Waals surface area contributed by atoms with Crippen LogP contribution in [0.5, 0.6) is 0 Å². The third-order valence-corrected chi connectivity index (χ3v) is 2.69. The fraction of sp³-hybridized carbons (Fsp3) is 0.500. The number of rotatable bonds is 3. The van der Waals surface area contributed by atoms with Crippen molar-refractivity contribution in [3.63, 3.8) is 0 Å². The standard InChI is InChI=1S/C6H6Br4O2/c1-2-12-6(11)3(4(7)8)5(9)10/h4H,2H2,1H3. The van der Waals surface area contributed by atoms with Crippen LogP contribution in [0.2, 0.25) is 0 Å². The fourth-order valence-electron chi connectivity index (χ4n) is 0.458. The quantitative estimate of drug-likeness (QED) is 0.389. The maximum absolute atomic E-state index is 11.2. The van der Waals surface area contributed by atoms with Crippen molar-refractivity contribution in [2.24, 2.45) is 0 Å². The highest BCUT2D eigenvalue weighted by atomic mass is 79.9. The predicted molar refractivity (Wildman–Crippen MR) is 63.2 cm³/mol. The molecule has 0 aliphatic carbocycles. The molecule has 2 nitrogen and oxygen atoms in total. The van der Waals surface area contributed by atoms with Crippen LogP contribution in [0.1, 0.15) is 6.92 Å². The van der Waals surface area contributed by atoms with E-state index in [0.29, 0.717) is 15.6 Å². The number of esters is 1. The molecule has 0 saturated carbocycles. The van der Waals surface area contributed by atoms with Crippen molar-refractivity contribution in [3.8, 4) is 0 Å². The molecule has 70 valence electrons. The van der Waals surface area contributed by atoms with Crippen molar-refractivity contribution in [3.05, 3.63) is 8.96 Å². The first-order valence-corrected chi connectivity index (χ1v) is 6.42. The average Bonchev–Trinajstić information content (AvgIpc) is 1.85. The minimum Gasteiger partial charge on any atom is -0.463 e. The Hall–Kier alpha value is 1.13. The average molecular weight is 430 g/mol. The molecule has 0 aliphatic rings. The lowest BCUT2D eigenvalue weighted by Gasteiger charge is -2.07. The Balaban J connectivity index is 4.55. The van der Waals surface area contributed by atoms with Crippen molar-refractivity contribution in [1.82, 2.24) is 0 Å². The minimum absolute atomic E-state index is 0.224. The molecule has 0 rings (SSSR count). The molecule has 0 saturated heterocycles. The van der Waals surface area contributed by atoms with Gasteiger partial charge in [-0.1, -0.05) is 31.9 Å². The summed E-state index contributed by atoms with van der Waals surface area (Å²) in [4.78, 5) is 11.2. The third kappa shape index (κ3) is 4.39. The van der Waals surface area contributed by atoms with E-state index in [1.807, 2.05) is 0 Å². The molecule has 0 aliphatic heterocycles. The summed E-state index contributed by atoms with van der Waals surface area (Å²) >= 11 is 12.7. The lowest BCUT2D eigenvalue weighted by Crippen LogP contribution is -2.12. The molecule has 12 heavy (non-hydrogen) atoms. The Morgan fingerprint density at radius 2 is 1.92 bits per heavy atom. The van der Waals surface area contributed by atoms with E-state index in [-0.39, 0.29) is 9.71 Å². The fourth-order valence-corrected chi connectivity index (χ4v) is 3.30. The molecule has 0 N–H and O–H groups in total. The summed E-state index contributed by atoms with van der Waals surface area (Å²) in [5.41, 5.74) is 0.469. The summed E-state index contributed by atoms with van der Waals surface area (Å²) in [6, 6.07) is 0. The van der Waals surface area contributed by atoms with Crippen LogP contribution in [-0.2, 0) is 9.53 Å². The van der Waals surface area contributed by atoms with Crippen LogP contribution in [0.3, 0.4) is 0 Å². The van der Waals surface area contributed by atoms with Gasteiger partial charge in [0.1, 0.15) is 3.74 Å². The zero-order valence-electron chi connectivity index (χ0n) is 6.11. The molecule has 0 aromatic carbocycles. The van der Waals surface area contributed by atoms with Crippen molar-refractivity contribution in [1.29, 1.82) is 0 Å². The molecule has 0 aromatic rings. The lowest BCUT2D eigenvalue weighted by atomic mass is 10.4. The van der Waals surface area contributed by atoms with Crippen LogP contribution in [0, 0.1) is 0 Å². The lowest BCUT2D eigenvalue weighted by molar-refractivity contribution is -0.138. The van der Waals surface area contributed by atoms with Crippen LogP contribution < -0.4 is 0 Å². The van der Waals surface area contributed by atoms with E-state index in [4.69, 9.17) is 4.74 Å². The van der Waals surface area contributed by atoms with Crippen LogP contribution in [0.25, 0.3) is 0 Å². The molecule has 0 bridgehead atoms. The van der Waals surface area contributed by atoms with Gasteiger partial charge in [0.25, 0.3) is 0 Å². The molecule has 0 aromatic heterocycles. The number of halogens is 4. The summed E-state index contributed by atoms with van der Waals surface area (Å²) in [6.07, 6.45) is 0. The molecule has 0 fully saturated rings. The van der Waals surface area contributed by atoms with Crippen LogP contribution >= 0.6 is 63.7 Å². The zero-order valence-corrected chi connectivity index (χ0v) is 12.5. The van der Waals surface area contributed by atoms with E-state index in [1.54, 1.807) is 6.92 Å². The Bertz CT molecular complexity index is 196. The second-order valence-corrected chi connectivity index (χ2v) is 7.41. The second-order valence-electron chi connectivity index (χ2n) is 1.70. The Morgan fingerprint density at radius 3 is 2.17 bits per heavy atom. The van der Waals surface area contributed by atoms with E-state index in [2.05, 4.69) is 63.7 Å². The van der Waals surface area contributed by atoms with Crippen molar-refractivity contribution in [2.45, 2.75) is 10.7 Å². The molecule has 0 atom stereocenters. The number of ether oxygens (including phenoxy) is 1. The van der Waals surface area contributed by atoms with E-state index in [1.165, 1.54) is 0 Å². The van der Waals surface area contributed by atoms with Gasteiger partial charge in [-0.2, -0.15) is 0 Å². The van der Waals surface area contributed by atoms with Gasteiger partial charge in [0.05, 0.1) is 15.6 Å². The predicted octanol–water partition coefficient (Wildman–Crippen LogP) is 3.67. The number of carbonyl (C=O) groups is 1. The Labute approximate surface area is 105 Å². The van der Waals surface area contributed by atoms with E-state index in [0.717, 1.165) is 0 Å². The normalized spacial score (nSPS) is 9.83. The molecule has 0 spiro atoms. The van der Waals surface area contributed by atoms with E-state index < -0.39 is 0 Å². The summed E-state index contributed by atoms with van der Waals surface area (Å²) < 4.78 is 5.16. The first-order chi connectivity index (χ1) is 5.50. The number of hydrogen-bond acceptors (Lipinski definition) is 2. The van der Waals surface area contributed by atoms with Gasteiger partial charge in [-0.15, -0.1) is 0 Å². The van der Waals surface area contributed by atoms with Crippen LogP contribution in [-0.4, -0.2) is 16.3 Å². The van der Waals surface area contributed by atoms with Gasteiger partial charge in [0, 0.05) is 0 Å². The van der Waals surface area contributed by atoms with Gasteiger partial charge < -0.3 is 4.74 Å². The maximum atomic E-state index is 11.2. The molecular formula is C6H6Br4O2. The van der Waals surface area contributed by atoms with Crippen LogP contribution in [0.4, 0.5) is 0 Å². The highest BCUT2D eigenvalue weighted by molar-refractivity contribution is 9.28. The highest BCUT2D eigenvalue weighted by Gasteiger charge is 2.19. The second kappa shape index (κ2) is 6.56. The molecular weight excluding hydrogens is 424 g/mol. The minimum atomic E-state index is -0.361. The molecule has 0 heterocycles. The van der Waals surface area contributed by atoms with Gasteiger partial charge in [-0.3, -0.25) is 0 Å². The number of hydrogen-bond donors (Lipinski definition) is 0. The molecule has 0 radical (unpaired) electrons. The highest BCUT2D eigenvalue weighted by Crippen LogP contribution is 2.29. The topological polar surface area (TPSA) is 26.3 Å². The van der Waals surface area contributed by atoms with Crippen molar-refractivity contribution >= 4 is 69.7 Å². The number of alkyl halides is 2. The van der Waals surface area contributed by atoms with Gasteiger partial charge in [0.15, 0.2) is 0 Å². The Kier molecular flexibility index (Phi) is 7.18. The summed E-state index contributed by atoms with van der Waals surface area (Å²) in [5, 5.41) is 0. The van der Waals surface area contributed by atoms with Crippen molar-refractivity contribution < 1.29 is 9.53 Å².